The fourth-order valence-electron chi connectivity index (χ4n) is 8.64. The standard InChI is InChI=1S/C67H117NO8/c1-6-8-10-12-14-16-18-20-22-24-26-27-28-29-30-31-32-33-34-35-36-37-38-39-40-42-44-46-48-50-52-54-56-58-65(70)76-63(62-75-67(66(71)72)73-60-59-68(3,4)5)61-74-64(69)57-55-53-51-49-47-45-43-41-25-23-21-19-17-15-13-11-9-7-2/h8,10,14,16,20,22,26-27,29-30,32-33,35-36,63,67H,6-7,9,11-13,15,17-19,21,23-25,28,31,34,37-62H2,1-5H3/b10-8-,16-14-,22-20-,27-26-,30-29-,33-32-,36-35-. The summed E-state index contributed by atoms with van der Waals surface area (Å²) in [6.07, 6.45) is 73.5. The van der Waals surface area contributed by atoms with E-state index >= 15 is 0 Å². The van der Waals surface area contributed by atoms with Gasteiger partial charge in [0.05, 0.1) is 40.3 Å². The van der Waals surface area contributed by atoms with Crippen LogP contribution in [0.5, 0.6) is 0 Å². The Morgan fingerprint density at radius 2 is 0.750 bits per heavy atom. The second-order valence-electron chi connectivity index (χ2n) is 22.0. The van der Waals surface area contributed by atoms with E-state index < -0.39 is 24.3 Å². The van der Waals surface area contributed by atoms with E-state index in [0.29, 0.717) is 23.9 Å². The molecular formula is C67H117NO8. The largest absolute Gasteiger partial charge is 0.545 e. The van der Waals surface area contributed by atoms with Crippen LogP contribution in [0.4, 0.5) is 0 Å². The van der Waals surface area contributed by atoms with Gasteiger partial charge in [-0.1, -0.05) is 266 Å². The summed E-state index contributed by atoms with van der Waals surface area (Å²) >= 11 is 0. The van der Waals surface area contributed by atoms with Crippen LogP contribution in [0.25, 0.3) is 0 Å². The molecular weight excluding hydrogens is 947 g/mol. The lowest BCUT2D eigenvalue weighted by molar-refractivity contribution is -0.870. The minimum atomic E-state index is -1.62. The molecule has 0 N–H and O–H groups in total. The maximum Gasteiger partial charge on any atom is 0.306 e. The van der Waals surface area contributed by atoms with Gasteiger partial charge in [-0.15, -0.1) is 0 Å². The van der Waals surface area contributed by atoms with Gasteiger partial charge in [0, 0.05) is 12.8 Å². The van der Waals surface area contributed by atoms with E-state index in [1.54, 1.807) is 0 Å². The van der Waals surface area contributed by atoms with Crippen molar-refractivity contribution in [3.63, 3.8) is 0 Å². The molecule has 0 saturated heterocycles. The number of likely N-dealkylation sites (N-methyl/N-ethyl adjacent to an activating group) is 1. The highest BCUT2D eigenvalue weighted by Crippen LogP contribution is 2.17. The van der Waals surface area contributed by atoms with Crippen molar-refractivity contribution < 1.29 is 42.9 Å². The number of aliphatic carboxylic acids is 1. The number of carboxylic acids is 1. The van der Waals surface area contributed by atoms with Gasteiger partial charge in [0.1, 0.15) is 13.2 Å². The van der Waals surface area contributed by atoms with Crippen molar-refractivity contribution in [2.45, 2.75) is 277 Å². The number of quaternary nitrogens is 1. The van der Waals surface area contributed by atoms with E-state index in [0.717, 1.165) is 89.9 Å². The number of carboxylic acid groups (broad SMARTS) is 1. The average Bonchev–Trinajstić information content (AvgIpc) is 3.39. The smallest absolute Gasteiger partial charge is 0.306 e. The van der Waals surface area contributed by atoms with Gasteiger partial charge in [0.15, 0.2) is 12.4 Å². The van der Waals surface area contributed by atoms with Crippen LogP contribution in [-0.4, -0.2) is 82.3 Å². The third-order valence-corrected chi connectivity index (χ3v) is 13.4. The van der Waals surface area contributed by atoms with Gasteiger partial charge in [-0.25, -0.2) is 0 Å². The molecule has 0 rings (SSSR count). The summed E-state index contributed by atoms with van der Waals surface area (Å²) in [6, 6.07) is 0. The maximum atomic E-state index is 12.9. The first-order valence-corrected chi connectivity index (χ1v) is 31.2. The van der Waals surface area contributed by atoms with E-state index in [1.807, 2.05) is 21.1 Å². The van der Waals surface area contributed by atoms with E-state index in [9.17, 15) is 19.5 Å². The number of hydrogen-bond acceptors (Lipinski definition) is 8. The number of unbranched alkanes of at least 4 members (excludes halogenated alkanes) is 28. The second-order valence-corrected chi connectivity index (χ2v) is 22.0. The molecule has 0 aromatic heterocycles. The van der Waals surface area contributed by atoms with Crippen LogP contribution >= 0.6 is 0 Å². The lowest BCUT2D eigenvalue weighted by atomic mass is 10.0. The minimum Gasteiger partial charge on any atom is -0.545 e. The maximum absolute atomic E-state index is 12.9. The molecule has 438 valence electrons. The summed E-state index contributed by atoms with van der Waals surface area (Å²) in [7, 11) is 5.92. The predicted molar refractivity (Wildman–Crippen MR) is 320 cm³/mol. The molecule has 0 aliphatic rings. The molecule has 0 radical (unpaired) electrons. The quantitative estimate of drug-likeness (QED) is 0.0195. The Morgan fingerprint density at radius 3 is 1.12 bits per heavy atom. The molecule has 9 heteroatoms. The number of carbonyl (C=O) groups is 3. The SMILES string of the molecule is CC/C=C\C/C=C\C/C=C\C/C=C\C/C=C\C/C=C\C/C=C\CCCCCCCCCCCCCC(=O)OC(COC(=O)CCCCCCCCCCCCCCCCCCCC)COC(OCC[N+](C)(C)C)C(=O)[O-]. The second kappa shape index (κ2) is 57.6. The Balaban J connectivity index is 4.18. The molecule has 0 bridgehead atoms. The number of esters is 2. The number of ether oxygens (including phenoxy) is 4. The summed E-state index contributed by atoms with van der Waals surface area (Å²) in [5, 5.41) is 11.8. The van der Waals surface area contributed by atoms with Crippen LogP contribution < -0.4 is 5.11 Å². The topological polar surface area (TPSA) is 111 Å². The van der Waals surface area contributed by atoms with Crippen LogP contribution in [0.1, 0.15) is 264 Å². The van der Waals surface area contributed by atoms with Crippen LogP contribution in [0.2, 0.25) is 0 Å². The van der Waals surface area contributed by atoms with Crippen molar-refractivity contribution in [1.82, 2.24) is 0 Å². The van der Waals surface area contributed by atoms with Gasteiger partial charge < -0.3 is 33.3 Å². The first-order valence-electron chi connectivity index (χ1n) is 31.2. The third-order valence-electron chi connectivity index (χ3n) is 13.4. The van der Waals surface area contributed by atoms with E-state index in [-0.39, 0.29) is 32.2 Å². The molecule has 76 heavy (non-hydrogen) atoms. The van der Waals surface area contributed by atoms with Crippen LogP contribution in [0, 0.1) is 0 Å². The van der Waals surface area contributed by atoms with Gasteiger partial charge in [-0.2, -0.15) is 0 Å². The third kappa shape index (κ3) is 58.2. The molecule has 2 unspecified atom stereocenters. The normalized spacial score (nSPS) is 13.3. The lowest BCUT2D eigenvalue weighted by Gasteiger charge is -2.26. The number of allylic oxidation sites excluding steroid dienone is 14. The number of carbonyl (C=O) groups excluding carboxylic acids is 3. The van der Waals surface area contributed by atoms with E-state index in [4.69, 9.17) is 18.9 Å². The van der Waals surface area contributed by atoms with Crippen molar-refractivity contribution in [2.24, 2.45) is 0 Å². The zero-order valence-corrected chi connectivity index (χ0v) is 49.9. The first-order chi connectivity index (χ1) is 37.1. The van der Waals surface area contributed by atoms with Gasteiger partial charge >= 0.3 is 11.9 Å². The van der Waals surface area contributed by atoms with Crippen LogP contribution in [-0.2, 0) is 33.3 Å². The fourth-order valence-corrected chi connectivity index (χ4v) is 8.64. The summed E-state index contributed by atoms with van der Waals surface area (Å²) in [5.41, 5.74) is 0. The van der Waals surface area contributed by atoms with Crippen molar-refractivity contribution >= 4 is 17.9 Å². The fraction of sp³-hybridized carbons (Fsp3) is 0.746. The summed E-state index contributed by atoms with van der Waals surface area (Å²) in [6.45, 7) is 4.65. The Hall–Kier alpha value is -3.53. The summed E-state index contributed by atoms with van der Waals surface area (Å²) in [4.78, 5) is 37.3. The molecule has 0 fully saturated rings. The summed E-state index contributed by atoms with van der Waals surface area (Å²) < 4.78 is 22.7. The molecule has 0 saturated carbocycles. The van der Waals surface area contributed by atoms with Gasteiger partial charge in [0.2, 0.25) is 0 Å². The molecule has 2 atom stereocenters. The molecule has 0 aliphatic heterocycles. The zero-order chi connectivity index (χ0) is 55.5. The number of rotatable bonds is 57. The van der Waals surface area contributed by atoms with Crippen LogP contribution in [0.3, 0.4) is 0 Å². The summed E-state index contributed by atoms with van der Waals surface area (Å²) in [5.74, 6) is -2.28. The zero-order valence-electron chi connectivity index (χ0n) is 49.9. The Morgan fingerprint density at radius 1 is 0.408 bits per heavy atom. The van der Waals surface area contributed by atoms with Gasteiger partial charge in [-0.3, -0.25) is 9.59 Å². The highest BCUT2D eigenvalue weighted by Gasteiger charge is 2.22. The van der Waals surface area contributed by atoms with Crippen LogP contribution in [0.15, 0.2) is 85.1 Å². The Bertz CT molecular complexity index is 1520. The predicted octanol–water partition coefficient (Wildman–Crippen LogP) is 17.4. The molecule has 0 aliphatic carbocycles. The van der Waals surface area contributed by atoms with Crippen molar-refractivity contribution in [1.29, 1.82) is 0 Å². The van der Waals surface area contributed by atoms with Gasteiger partial charge in [-0.05, 0) is 70.6 Å². The molecule has 0 heterocycles. The molecule has 0 aromatic carbocycles. The van der Waals surface area contributed by atoms with Crippen molar-refractivity contribution in [2.75, 3.05) is 47.5 Å². The van der Waals surface area contributed by atoms with E-state index in [1.165, 1.54) is 141 Å². The monoisotopic (exact) mass is 1060 g/mol. The first kappa shape index (κ1) is 72.5. The lowest BCUT2D eigenvalue weighted by Crippen LogP contribution is -2.44. The number of nitrogens with zero attached hydrogens (tertiary/aromatic N) is 1. The Kier molecular flexibility index (Phi) is 55.0. The molecule has 0 spiro atoms. The van der Waals surface area contributed by atoms with E-state index in [2.05, 4.69) is 98.9 Å². The average molecular weight is 1060 g/mol. The molecule has 0 aromatic rings. The highest BCUT2D eigenvalue weighted by atomic mass is 16.7. The van der Waals surface area contributed by atoms with Crippen molar-refractivity contribution in [3.8, 4) is 0 Å². The minimum absolute atomic E-state index is 0.146. The number of hydrogen-bond donors (Lipinski definition) is 0. The Labute approximate surface area is 468 Å². The molecule has 9 nitrogen and oxygen atoms in total. The highest BCUT2D eigenvalue weighted by molar-refractivity contribution is 5.70. The van der Waals surface area contributed by atoms with Gasteiger partial charge in [0.25, 0.3) is 0 Å². The molecule has 0 amide bonds. The van der Waals surface area contributed by atoms with Crippen molar-refractivity contribution in [3.05, 3.63) is 85.1 Å².